The second kappa shape index (κ2) is 5.13. The van der Waals surface area contributed by atoms with Crippen LogP contribution in [0.3, 0.4) is 0 Å². The van der Waals surface area contributed by atoms with E-state index in [4.69, 9.17) is 0 Å². The molecule has 1 aliphatic carbocycles. The molecule has 96 valence electrons. The molecule has 1 saturated carbocycles. The van der Waals surface area contributed by atoms with E-state index >= 15 is 0 Å². The lowest BCUT2D eigenvalue weighted by Crippen LogP contribution is -2.28. The van der Waals surface area contributed by atoms with Crippen LogP contribution in [0.4, 0.5) is 5.82 Å². The second-order valence-corrected chi connectivity index (χ2v) is 6.50. The molecule has 0 N–H and O–H groups in total. The summed E-state index contributed by atoms with van der Waals surface area (Å²) in [5.74, 6) is 1.12. The molecular formula is C13H16BrN3S. The molecule has 0 aromatic carbocycles. The smallest absolute Gasteiger partial charge is 0.141 e. The minimum Gasteiger partial charge on any atom is -0.352 e. The van der Waals surface area contributed by atoms with Gasteiger partial charge in [-0.1, -0.05) is 22.9 Å². The first kappa shape index (κ1) is 12.4. The Hall–Kier alpha value is -0.680. The van der Waals surface area contributed by atoms with Crippen molar-refractivity contribution in [3.05, 3.63) is 17.3 Å². The molecule has 3 rings (SSSR count). The van der Waals surface area contributed by atoms with Crippen LogP contribution >= 0.6 is 27.3 Å². The molecule has 0 bridgehead atoms. The number of hydrogen-bond acceptors (Lipinski definition) is 4. The van der Waals surface area contributed by atoms with E-state index < -0.39 is 0 Å². The highest BCUT2D eigenvalue weighted by atomic mass is 79.9. The lowest BCUT2D eigenvalue weighted by atomic mass is 10.3. The number of nitrogens with zero attached hydrogens (tertiary/aromatic N) is 3. The predicted molar refractivity (Wildman–Crippen MR) is 81.0 cm³/mol. The number of thiophene rings is 1. The summed E-state index contributed by atoms with van der Waals surface area (Å²) >= 11 is 5.33. The number of alkyl halides is 1. The summed E-state index contributed by atoms with van der Waals surface area (Å²) in [4.78, 5) is 13.9. The van der Waals surface area contributed by atoms with E-state index in [0.29, 0.717) is 6.04 Å². The molecule has 2 aromatic rings. The van der Waals surface area contributed by atoms with Crippen molar-refractivity contribution in [2.75, 3.05) is 16.8 Å². The minimum atomic E-state index is 0.686. The van der Waals surface area contributed by atoms with Gasteiger partial charge < -0.3 is 4.90 Å². The zero-order valence-corrected chi connectivity index (χ0v) is 12.8. The van der Waals surface area contributed by atoms with Gasteiger partial charge in [-0.05, 0) is 25.3 Å². The fourth-order valence-electron chi connectivity index (χ4n) is 2.23. The van der Waals surface area contributed by atoms with Gasteiger partial charge in [0.1, 0.15) is 17.0 Å². The maximum absolute atomic E-state index is 4.54. The molecule has 2 aromatic heterocycles. The summed E-state index contributed by atoms with van der Waals surface area (Å²) in [7, 11) is 0. The van der Waals surface area contributed by atoms with E-state index in [1.807, 2.05) is 0 Å². The Morgan fingerprint density at radius 3 is 2.94 bits per heavy atom. The van der Waals surface area contributed by atoms with Gasteiger partial charge in [0.05, 0.1) is 5.39 Å². The topological polar surface area (TPSA) is 29.0 Å². The van der Waals surface area contributed by atoms with Gasteiger partial charge in [0.25, 0.3) is 0 Å². The van der Waals surface area contributed by atoms with Gasteiger partial charge in [-0.2, -0.15) is 0 Å². The first-order valence-electron chi connectivity index (χ1n) is 6.39. The monoisotopic (exact) mass is 325 g/mol. The van der Waals surface area contributed by atoms with Crippen molar-refractivity contribution in [3.8, 4) is 0 Å². The third-order valence-electron chi connectivity index (χ3n) is 3.29. The van der Waals surface area contributed by atoms with Crippen LogP contribution in [0.1, 0.15) is 24.6 Å². The third-order valence-corrected chi connectivity index (χ3v) is 4.84. The molecular weight excluding hydrogens is 310 g/mol. The van der Waals surface area contributed by atoms with Crippen LogP contribution in [-0.4, -0.2) is 27.9 Å². The predicted octanol–water partition coefficient (Wildman–Crippen LogP) is 3.62. The van der Waals surface area contributed by atoms with Crippen molar-refractivity contribution in [3.63, 3.8) is 0 Å². The van der Waals surface area contributed by atoms with Gasteiger partial charge in [0, 0.05) is 22.8 Å². The van der Waals surface area contributed by atoms with Crippen LogP contribution in [0.2, 0.25) is 0 Å². The van der Waals surface area contributed by atoms with Crippen molar-refractivity contribution in [2.24, 2.45) is 0 Å². The highest BCUT2D eigenvalue weighted by molar-refractivity contribution is 9.09. The van der Waals surface area contributed by atoms with E-state index in [-0.39, 0.29) is 0 Å². The van der Waals surface area contributed by atoms with Crippen LogP contribution < -0.4 is 4.90 Å². The van der Waals surface area contributed by atoms with Gasteiger partial charge in [-0.25, -0.2) is 9.97 Å². The molecule has 3 nitrogen and oxygen atoms in total. The zero-order valence-electron chi connectivity index (χ0n) is 10.4. The van der Waals surface area contributed by atoms with Gasteiger partial charge in [0.15, 0.2) is 0 Å². The van der Waals surface area contributed by atoms with Crippen molar-refractivity contribution < 1.29 is 0 Å². The Kier molecular flexibility index (Phi) is 3.52. The molecule has 0 spiro atoms. The summed E-state index contributed by atoms with van der Waals surface area (Å²) in [6.07, 6.45) is 5.37. The van der Waals surface area contributed by atoms with Crippen LogP contribution in [0, 0.1) is 0 Å². The number of anilines is 1. The normalized spacial score (nSPS) is 15.2. The Morgan fingerprint density at radius 2 is 2.28 bits per heavy atom. The molecule has 5 heteroatoms. The van der Waals surface area contributed by atoms with E-state index in [0.717, 1.165) is 28.9 Å². The largest absolute Gasteiger partial charge is 0.352 e. The number of hydrogen-bond donors (Lipinski definition) is 0. The summed E-state index contributed by atoms with van der Waals surface area (Å²) in [5.41, 5.74) is 0. The summed E-state index contributed by atoms with van der Waals surface area (Å²) in [5, 5.41) is 2.21. The van der Waals surface area contributed by atoms with Crippen LogP contribution in [-0.2, 0) is 6.42 Å². The number of rotatable bonds is 5. The molecule has 18 heavy (non-hydrogen) atoms. The van der Waals surface area contributed by atoms with Crippen LogP contribution in [0.15, 0.2) is 12.4 Å². The van der Waals surface area contributed by atoms with Crippen LogP contribution in [0.5, 0.6) is 0 Å². The first-order valence-corrected chi connectivity index (χ1v) is 8.33. The molecule has 0 amide bonds. The van der Waals surface area contributed by atoms with Gasteiger partial charge in [0.2, 0.25) is 0 Å². The summed E-state index contributed by atoms with van der Waals surface area (Å²) < 4.78 is 0. The standard InChI is InChI=1S/C13H16BrN3S/c1-2-10-7-11-12(15-8-16-13(11)18-10)17(6-5-14)9-3-4-9/h7-9H,2-6H2,1H3. The second-order valence-electron chi connectivity index (χ2n) is 4.60. The summed E-state index contributed by atoms with van der Waals surface area (Å²) in [6, 6.07) is 2.95. The van der Waals surface area contributed by atoms with Crippen molar-refractivity contribution in [2.45, 2.75) is 32.2 Å². The van der Waals surface area contributed by atoms with Gasteiger partial charge >= 0.3 is 0 Å². The van der Waals surface area contributed by atoms with E-state index in [9.17, 15) is 0 Å². The molecule has 2 heterocycles. The minimum absolute atomic E-state index is 0.686. The quantitative estimate of drug-likeness (QED) is 0.786. The Balaban J connectivity index is 2.05. The molecule has 0 aliphatic heterocycles. The molecule has 0 radical (unpaired) electrons. The molecule has 0 atom stereocenters. The van der Waals surface area contributed by atoms with Crippen molar-refractivity contribution >= 4 is 43.3 Å². The molecule has 1 aliphatic rings. The highest BCUT2D eigenvalue weighted by Gasteiger charge is 2.30. The molecule has 1 fully saturated rings. The Morgan fingerprint density at radius 1 is 1.44 bits per heavy atom. The highest BCUT2D eigenvalue weighted by Crippen LogP contribution is 2.36. The Bertz CT molecular complexity index is 550. The van der Waals surface area contributed by atoms with Crippen molar-refractivity contribution in [1.82, 2.24) is 9.97 Å². The van der Waals surface area contributed by atoms with Gasteiger partial charge in [-0.15, -0.1) is 11.3 Å². The first-order chi connectivity index (χ1) is 8.83. The molecule has 0 saturated heterocycles. The third kappa shape index (κ3) is 2.26. The number of halogens is 1. The fraction of sp³-hybridized carbons (Fsp3) is 0.538. The number of aromatic nitrogens is 2. The van der Waals surface area contributed by atoms with Crippen molar-refractivity contribution in [1.29, 1.82) is 0 Å². The Labute approximate surface area is 119 Å². The maximum Gasteiger partial charge on any atom is 0.141 e. The number of fused-ring (bicyclic) bond motifs is 1. The molecule has 0 unspecified atom stereocenters. The van der Waals surface area contributed by atoms with Gasteiger partial charge in [-0.3, -0.25) is 0 Å². The lowest BCUT2D eigenvalue weighted by molar-refractivity contribution is 0.819. The van der Waals surface area contributed by atoms with E-state index in [1.54, 1.807) is 17.7 Å². The van der Waals surface area contributed by atoms with E-state index in [1.165, 1.54) is 23.1 Å². The van der Waals surface area contributed by atoms with E-state index in [2.05, 4.69) is 43.8 Å². The average molecular weight is 326 g/mol. The fourth-order valence-corrected chi connectivity index (χ4v) is 3.55. The average Bonchev–Trinajstić information content (AvgIpc) is 3.13. The SMILES string of the molecule is CCc1cc2c(N(CCBr)C3CC3)ncnc2s1. The number of aryl methyl sites for hydroxylation is 1. The summed E-state index contributed by atoms with van der Waals surface area (Å²) in [6.45, 7) is 3.21. The lowest BCUT2D eigenvalue weighted by Gasteiger charge is -2.22. The maximum atomic E-state index is 4.54. The zero-order chi connectivity index (χ0) is 12.5. The van der Waals surface area contributed by atoms with Crippen LogP contribution in [0.25, 0.3) is 10.2 Å².